The van der Waals surface area contributed by atoms with Gasteiger partial charge in [0, 0.05) is 18.7 Å². The Labute approximate surface area is 267 Å². The number of ether oxygens (including phenoxy) is 2. The van der Waals surface area contributed by atoms with E-state index in [0.717, 1.165) is 33.4 Å². The third kappa shape index (κ3) is 3.85. The van der Waals surface area contributed by atoms with E-state index < -0.39 is 40.0 Å². The first kappa shape index (κ1) is 29.5. The summed E-state index contributed by atoms with van der Waals surface area (Å²) in [6, 6.07) is 30.6. The van der Waals surface area contributed by atoms with Crippen LogP contribution in [0.25, 0.3) is 11.1 Å². The smallest absolute Gasteiger partial charge is 0.355 e. The highest BCUT2D eigenvalue weighted by molar-refractivity contribution is 6.08. The average Bonchev–Trinajstić information content (AvgIpc) is 3.50. The van der Waals surface area contributed by atoms with Crippen molar-refractivity contribution in [3.63, 3.8) is 0 Å². The molecule has 0 fully saturated rings. The first-order valence-electron chi connectivity index (χ1n) is 15.6. The molecule has 4 aromatic rings. The van der Waals surface area contributed by atoms with Crippen molar-refractivity contribution in [3.05, 3.63) is 146 Å². The van der Waals surface area contributed by atoms with E-state index in [-0.39, 0.29) is 17.0 Å². The number of benzene rings is 4. The SMILES string of the molecule is CC(C)OC(=O)C1=C(C(=O)OC(C)C)C2(c3ccccc3-c3ccccc32)C2(c3ccc([N+](=O)[O-])cc3)c3ccccc3CCN12. The normalized spacial score (nSPS) is 18.7. The Hall–Kier alpha value is -5.24. The highest BCUT2D eigenvalue weighted by Gasteiger charge is 2.72. The second-order valence-electron chi connectivity index (χ2n) is 12.5. The molecule has 4 aromatic carbocycles. The summed E-state index contributed by atoms with van der Waals surface area (Å²) < 4.78 is 12.0. The molecule has 1 atom stereocenters. The van der Waals surface area contributed by atoms with E-state index in [1.807, 2.05) is 65.6 Å². The molecule has 46 heavy (non-hydrogen) atoms. The molecule has 0 bridgehead atoms. The number of hydrogen-bond donors (Lipinski definition) is 0. The Bertz CT molecular complexity index is 1900. The number of nitrogens with zero attached hydrogens (tertiary/aromatic N) is 2. The minimum Gasteiger partial charge on any atom is -0.460 e. The number of nitro groups is 1. The molecule has 0 N–H and O–H groups in total. The minimum atomic E-state index is -1.30. The van der Waals surface area contributed by atoms with Gasteiger partial charge in [0.2, 0.25) is 0 Å². The maximum Gasteiger partial charge on any atom is 0.355 e. The molecule has 0 aromatic heterocycles. The van der Waals surface area contributed by atoms with Crippen LogP contribution in [0.5, 0.6) is 0 Å². The van der Waals surface area contributed by atoms with E-state index in [1.54, 1.807) is 39.8 Å². The average molecular weight is 615 g/mol. The Morgan fingerprint density at radius 3 is 1.83 bits per heavy atom. The van der Waals surface area contributed by atoms with Crippen molar-refractivity contribution in [2.45, 2.75) is 57.3 Å². The molecule has 0 amide bonds. The van der Waals surface area contributed by atoms with Gasteiger partial charge in [0.15, 0.2) is 0 Å². The highest BCUT2D eigenvalue weighted by atomic mass is 16.6. The van der Waals surface area contributed by atoms with Gasteiger partial charge in [-0.25, -0.2) is 9.59 Å². The van der Waals surface area contributed by atoms with Crippen LogP contribution >= 0.6 is 0 Å². The topological polar surface area (TPSA) is 99.0 Å². The molecule has 2 heterocycles. The van der Waals surface area contributed by atoms with E-state index in [0.29, 0.717) is 18.5 Å². The fraction of sp³-hybridized carbons (Fsp3) is 0.263. The van der Waals surface area contributed by atoms with E-state index in [4.69, 9.17) is 9.47 Å². The number of hydrogen-bond acceptors (Lipinski definition) is 7. The van der Waals surface area contributed by atoms with Crippen LogP contribution in [0, 0.1) is 10.1 Å². The monoisotopic (exact) mass is 614 g/mol. The van der Waals surface area contributed by atoms with Crippen LogP contribution in [0.3, 0.4) is 0 Å². The van der Waals surface area contributed by atoms with E-state index in [1.165, 1.54) is 12.1 Å². The molecular formula is C38H34N2O6. The minimum absolute atomic E-state index is 0.0538. The Kier molecular flexibility index (Phi) is 6.85. The molecular weight excluding hydrogens is 580 g/mol. The molecule has 0 saturated heterocycles. The van der Waals surface area contributed by atoms with Crippen LogP contribution in [-0.4, -0.2) is 40.5 Å². The molecule has 0 saturated carbocycles. The molecule has 2 aliphatic heterocycles. The lowest BCUT2D eigenvalue weighted by Gasteiger charge is -2.54. The Morgan fingerprint density at radius 1 is 0.739 bits per heavy atom. The van der Waals surface area contributed by atoms with Gasteiger partial charge in [-0.1, -0.05) is 72.8 Å². The van der Waals surface area contributed by atoms with Crippen molar-refractivity contribution in [2.75, 3.05) is 6.54 Å². The molecule has 3 aliphatic rings. The molecule has 7 rings (SSSR count). The molecule has 1 spiro atoms. The summed E-state index contributed by atoms with van der Waals surface area (Å²) in [4.78, 5) is 42.7. The first-order valence-corrected chi connectivity index (χ1v) is 15.6. The van der Waals surface area contributed by atoms with Gasteiger partial charge in [-0.3, -0.25) is 10.1 Å². The van der Waals surface area contributed by atoms with Crippen molar-refractivity contribution >= 4 is 17.6 Å². The van der Waals surface area contributed by atoms with Crippen molar-refractivity contribution in [1.29, 1.82) is 0 Å². The van der Waals surface area contributed by atoms with Crippen LogP contribution in [0.1, 0.15) is 55.5 Å². The number of carbonyl (C=O) groups excluding carboxylic acids is 2. The third-order valence-electron chi connectivity index (χ3n) is 9.37. The second-order valence-corrected chi connectivity index (χ2v) is 12.5. The quantitative estimate of drug-likeness (QED) is 0.133. The molecule has 0 radical (unpaired) electrons. The summed E-state index contributed by atoms with van der Waals surface area (Å²) in [7, 11) is 0. The van der Waals surface area contributed by atoms with Crippen molar-refractivity contribution in [3.8, 4) is 11.1 Å². The molecule has 232 valence electrons. The van der Waals surface area contributed by atoms with Gasteiger partial charge in [-0.15, -0.1) is 0 Å². The van der Waals surface area contributed by atoms with Gasteiger partial charge in [0.05, 0.1) is 28.1 Å². The van der Waals surface area contributed by atoms with Gasteiger partial charge >= 0.3 is 11.9 Å². The third-order valence-corrected chi connectivity index (χ3v) is 9.37. The van der Waals surface area contributed by atoms with Crippen molar-refractivity contribution in [1.82, 2.24) is 4.90 Å². The Morgan fingerprint density at radius 2 is 1.26 bits per heavy atom. The summed E-state index contributed by atoms with van der Waals surface area (Å²) in [5, 5.41) is 11.8. The van der Waals surface area contributed by atoms with E-state index in [9.17, 15) is 19.7 Å². The number of rotatable bonds is 6. The first-order chi connectivity index (χ1) is 22.1. The van der Waals surface area contributed by atoms with Gasteiger partial charge in [0.25, 0.3) is 5.69 Å². The lowest BCUT2D eigenvalue weighted by Crippen LogP contribution is -2.59. The summed E-state index contributed by atoms with van der Waals surface area (Å²) in [5.74, 6) is -1.22. The largest absolute Gasteiger partial charge is 0.460 e. The summed E-state index contributed by atoms with van der Waals surface area (Å²) in [6.07, 6.45) is -0.311. The Balaban J connectivity index is 1.73. The van der Waals surface area contributed by atoms with Crippen LogP contribution in [0.2, 0.25) is 0 Å². The second kappa shape index (κ2) is 10.7. The maximum atomic E-state index is 14.8. The standard InChI is InChI=1S/C38H34N2O6/c1-23(2)45-35(41)33-34(36(42)46-24(3)4)39-22-21-25-11-5-8-14-30(25)38(39,26-17-19-27(20-18-26)40(43)44)37(33)31-15-9-6-12-28(31)29-13-7-10-16-32(29)37/h5-20,23-24H,21-22H2,1-4H3. The zero-order valence-corrected chi connectivity index (χ0v) is 26.2. The molecule has 1 aliphatic carbocycles. The van der Waals surface area contributed by atoms with Crippen LogP contribution < -0.4 is 0 Å². The highest BCUT2D eigenvalue weighted by Crippen LogP contribution is 2.70. The lowest BCUT2D eigenvalue weighted by molar-refractivity contribution is -0.384. The molecule has 1 unspecified atom stereocenters. The maximum absolute atomic E-state index is 14.8. The predicted molar refractivity (Wildman–Crippen MR) is 173 cm³/mol. The fourth-order valence-corrected chi connectivity index (χ4v) is 8.07. The van der Waals surface area contributed by atoms with Gasteiger partial charge in [0.1, 0.15) is 11.2 Å². The molecule has 8 heteroatoms. The molecule has 8 nitrogen and oxygen atoms in total. The van der Waals surface area contributed by atoms with E-state index >= 15 is 0 Å². The van der Waals surface area contributed by atoms with E-state index in [2.05, 4.69) is 12.1 Å². The number of esters is 2. The van der Waals surface area contributed by atoms with Crippen LogP contribution in [0.15, 0.2) is 108 Å². The van der Waals surface area contributed by atoms with Gasteiger partial charge in [-0.2, -0.15) is 0 Å². The zero-order valence-electron chi connectivity index (χ0n) is 26.2. The fourth-order valence-electron chi connectivity index (χ4n) is 8.07. The van der Waals surface area contributed by atoms with Crippen LogP contribution in [-0.2, 0) is 36.4 Å². The number of nitro benzene ring substituents is 1. The predicted octanol–water partition coefficient (Wildman–Crippen LogP) is 6.83. The van der Waals surface area contributed by atoms with Crippen molar-refractivity contribution in [2.24, 2.45) is 0 Å². The van der Waals surface area contributed by atoms with Gasteiger partial charge in [-0.05, 0) is 85.2 Å². The van der Waals surface area contributed by atoms with Crippen LogP contribution in [0.4, 0.5) is 5.69 Å². The zero-order chi connectivity index (χ0) is 32.4. The number of non-ortho nitro benzene ring substituents is 1. The number of fused-ring (bicyclic) bond motifs is 9. The summed E-state index contributed by atoms with van der Waals surface area (Å²) >= 11 is 0. The number of carbonyl (C=O) groups is 2. The van der Waals surface area contributed by atoms with Gasteiger partial charge < -0.3 is 14.4 Å². The lowest BCUT2D eigenvalue weighted by atomic mass is 9.54. The van der Waals surface area contributed by atoms with Crippen molar-refractivity contribution < 1.29 is 24.0 Å². The summed E-state index contributed by atoms with van der Waals surface area (Å²) in [6.45, 7) is 7.53. The summed E-state index contributed by atoms with van der Waals surface area (Å²) in [5.41, 5.74) is 4.03.